The number of thiazole rings is 1. The van der Waals surface area contributed by atoms with Gasteiger partial charge in [0.2, 0.25) is 0 Å². The first-order valence-electron chi connectivity index (χ1n) is 7.04. The van der Waals surface area contributed by atoms with Gasteiger partial charge in [0.25, 0.3) is 0 Å². The SMILES string of the molecule is CCNc1cc(NC(C)c2ncc(CC)s2)nc(SC)n1. The number of nitrogens with zero attached hydrogens (tertiary/aromatic N) is 3. The molecular formula is C14H21N5S2. The van der Waals surface area contributed by atoms with Gasteiger partial charge >= 0.3 is 0 Å². The summed E-state index contributed by atoms with van der Waals surface area (Å²) in [5, 5.41) is 8.49. The van der Waals surface area contributed by atoms with Gasteiger partial charge in [-0.3, -0.25) is 0 Å². The first-order chi connectivity index (χ1) is 10.2. The number of hydrogen-bond donors (Lipinski definition) is 2. The van der Waals surface area contributed by atoms with E-state index in [4.69, 9.17) is 0 Å². The molecule has 0 amide bonds. The fourth-order valence-electron chi connectivity index (χ4n) is 1.83. The normalized spacial score (nSPS) is 12.2. The van der Waals surface area contributed by atoms with Gasteiger partial charge in [0, 0.05) is 23.7 Å². The lowest BCUT2D eigenvalue weighted by Gasteiger charge is -2.14. The van der Waals surface area contributed by atoms with E-state index >= 15 is 0 Å². The zero-order valence-corrected chi connectivity index (χ0v) is 14.4. The molecule has 0 radical (unpaired) electrons. The highest BCUT2D eigenvalue weighted by molar-refractivity contribution is 7.98. The van der Waals surface area contributed by atoms with Crippen LogP contribution in [0.3, 0.4) is 0 Å². The average molecular weight is 323 g/mol. The second-order valence-corrected chi connectivity index (χ2v) is 6.46. The van der Waals surface area contributed by atoms with Gasteiger partial charge in [0.15, 0.2) is 5.16 Å². The topological polar surface area (TPSA) is 62.7 Å². The van der Waals surface area contributed by atoms with Gasteiger partial charge < -0.3 is 10.6 Å². The molecular weight excluding hydrogens is 302 g/mol. The molecule has 0 saturated heterocycles. The predicted molar refractivity (Wildman–Crippen MR) is 91.5 cm³/mol. The Labute approximate surface area is 134 Å². The van der Waals surface area contributed by atoms with Gasteiger partial charge in [-0.1, -0.05) is 18.7 Å². The van der Waals surface area contributed by atoms with Gasteiger partial charge in [0.05, 0.1) is 6.04 Å². The summed E-state index contributed by atoms with van der Waals surface area (Å²) in [4.78, 5) is 14.7. The van der Waals surface area contributed by atoms with Crippen molar-refractivity contribution >= 4 is 34.7 Å². The number of aromatic nitrogens is 3. The third-order valence-corrected chi connectivity index (χ3v) is 4.77. The van der Waals surface area contributed by atoms with E-state index in [1.807, 2.05) is 18.5 Å². The summed E-state index contributed by atoms with van der Waals surface area (Å²) in [6.07, 6.45) is 4.96. The molecule has 0 aliphatic heterocycles. The predicted octanol–water partition coefficient (Wildman–Crippen LogP) is 3.82. The summed E-state index contributed by atoms with van der Waals surface area (Å²) < 4.78 is 0. The van der Waals surface area contributed by atoms with E-state index < -0.39 is 0 Å². The number of aryl methyl sites for hydroxylation is 1. The van der Waals surface area contributed by atoms with Crippen LogP contribution in [0.15, 0.2) is 17.4 Å². The quantitative estimate of drug-likeness (QED) is 0.596. The Morgan fingerprint density at radius 1 is 1.29 bits per heavy atom. The Morgan fingerprint density at radius 2 is 2.05 bits per heavy atom. The minimum atomic E-state index is 0.134. The number of rotatable bonds is 7. The number of nitrogens with one attached hydrogen (secondary N) is 2. The average Bonchev–Trinajstić information content (AvgIpc) is 2.96. The summed E-state index contributed by atoms with van der Waals surface area (Å²) in [6.45, 7) is 7.14. The lowest BCUT2D eigenvalue weighted by atomic mass is 10.3. The molecule has 2 rings (SSSR count). The molecule has 0 aliphatic carbocycles. The zero-order valence-electron chi connectivity index (χ0n) is 12.8. The molecule has 1 atom stereocenters. The third-order valence-electron chi connectivity index (χ3n) is 2.90. The molecule has 0 aromatic carbocycles. The molecule has 2 aromatic rings. The second-order valence-electron chi connectivity index (χ2n) is 4.54. The van der Waals surface area contributed by atoms with Crippen molar-refractivity contribution in [1.29, 1.82) is 0 Å². The molecule has 114 valence electrons. The number of thioether (sulfide) groups is 1. The number of anilines is 2. The summed E-state index contributed by atoms with van der Waals surface area (Å²) in [6, 6.07) is 2.07. The van der Waals surface area contributed by atoms with Crippen LogP contribution in [0.4, 0.5) is 11.6 Å². The Bertz CT molecular complexity index is 584. The summed E-state index contributed by atoms with van der Waals surface area (Å²) in [7, 11) is 0. The van der Waals surface area contributed by atoms with Gasteiger partial charge in [0.1, 0.15) is 16.6 Å². The van der Waals surface area contributed by atoms with Crippen molar-refractivity contribution in [3.05, 3.63) is 22.1 Å². The van der Waals surface area contributed by atoms with Crippen LogP contribution < -0.4 is 10.6 Å². The Balaban J connectivity index is 2.15. The van der Waals surface area contributed by atoms with Crippen LogP contribution in [0.25, 0.3) is 0 Å². The smallest absolute Gasteiger partial charge is 0.191 e. The molecule has 0 fully saturated rings. The van der Waals surface area contributed by atoms with Gasteiger partial charge in [-0.2, -0.15) is 0 Å². The van der Waals surface area contributed by atoms with E-state index in [-0.39, 0.29) is 6.04 Å². The molecule has 21 heavy (non-hydrogen) atoms. The summed E-state index contributed by atoms with van der Waals surface area (Å²) in [5.41, 5.74) is 0. The molecule has 7 heteroatoms. The highest BCUT2D eigenvalue weighted by Gasteiger charge is 2.12. The second kappa shape index (κ2) is 7.61. The molecule has 2 N–H and O–H groups in total. The molecule has 0 saturated carbocycles. The van der Waals surface area contributed by atoms with Crippen molar-refractivity contribution in [3.8, 4) is 0 Å². The van der Waals surface area contributed by atoms with E-state index in [0.717, 1.165) is 34.8 Å². The first-order valence-corrected chi connectivity index (χ1v) is 9.08. The van der Waals surface area contributed by atoms with Crippen LogP contribution in [-0.2, 0) is 6.42 Å². The van der Waals surface area contributed by atoms with E-state index in [1.165, 1.54) is 16.6 Å². The Hall–Kier alpha value is -1.34. The molecule has 2 aromatic heterocycles. The monoisotopic (exact) mass is 323 g/mol. The van der Waals surface area contributed by atoms with Crippen LogP contribution >= 0.6 is 23.1 Å². The van der Waals surface area contributed by atoms with Crippen molar-refractivity contribution < 1.29 is 0 Å². The first kappa shape index (κ1) is 16.0. The fourth-order valence-corrected chi connectivity index (χ4v) is 3.07. The van der Waals surface area contributed by atoms with E-state index in [0.29, 0.717) is 0 Å². The van der Waals surface area contributed by atoms with Crippen LogP contribution in [0, 0.1) is 0 Å². The molecule has 0 aliphatic rings. The maximum atomic E-state index is 4.50. The molecule has 1 unspecified atom stereocenters. The summed E-state index contributed by atoms with van der Waals surface area (Å²) >= 11 is 3.29. The van der Waals surface area contributed by atoms with Crippen LogP contribution in [0.5, 0.6) is 0 Å². The van der Waals surface area contributed by atoms with Crippen molar-refractivity contribution in [3.63, 3.8) is 0 Å². The van der Waals surface area contributed by atoms with Crippen molar-refractivity contribution in [1.82, 2.24) is 15.0 Å². The number of hydrogen-bond acceptors (Lipinski definition) is 7. The molecule has 2 heterocycles. The zero-order chi connectivity index (χ0) is 15.2. The Kier molecular flexibility index (Phi) is 5.81. The van der Waals surface area contributed by atoms with Gasteiger partial charge in [-0.05, 0) is 26.5 Å². The Morgan fingerprint density at radius 3 is 2.67 bits per heavy atom. The van der Waals surface area contributed by atoms with Gasteiger partial charge in [-0.25, -0.2) is 15.0 Å². The standard InChI is InChI=1S/C14H21N5S2/c1-5-10-8-16-13(21-10)9(3)17-12-7-11(15-6-2)18-14(19-12)20-4/h7-9H,5-6H2,1-4H3,(H2,15,17,18,19). The van der Waals surface area contributed by atoms with Crippen LogP contribution in [0.2, 0.25) is 0 Å². The maximum absolute atomic E-state index is 4.50. The minimum absolute atomic E-state index is 0.134. The largest absolute Gasteiger partial charge is 0.370 e. The van der Waals surface area contributed by atoms with Gasteiger partial charge in [-0.15, -0.1) is 11.3 Å². The van der Waals surface area contributed by atoms with E-state index in [2.05, 4.69) is 46.4 Å². The maximum Gasteiger partial charge on any atom is 0.191 e. The fraction of sp³-hybridized carbons (Fsp3) is 0.500. The van der Waals surface area contributed by atoms with Crippen molar-refractivity contribution in [2.45, 2.75) is 38.4 Å². The molecule has 0 spiro atoms. The van der Waals surface area contributed by atoms with E-state index in [1.54, 1.807) is 11.3 Å². The van der Waals surface area contributed by atoms with Crippen LogP contribution in [-0.4, -0.2) is 27.8 Å². The van der Waals surface area contributed by atoms with Crippen molar-refractivity contribution in [2.24, 2.45) is 0 Å². The highest BCUT2D eigenvalue weighted by Crippen LogP contribution is 2.25. The third kappa shape index (κ3) is 4.31. The summed E-state index contributed by atoms with van der Waals surface area (Å²) in [5.74, 6) is 1.67. The lowest BCUT2D eigenvalue weighted by molar-refractivity contribution is 0.845. The van der Waals surface area contributed by atoms with E-state index in [9.17, 15) is 0 Å². The lowest BCUT2D eigenvalue weighted by Crippen LogP contribution is -2.10. The van der Waals surface area contributed by atoms with Crippen LogP contribution in [0.1, 0.15) is 36.7 Å². The molecule has 0 bridgehead atoms. The van der Waals surface area contributed by atoms with Crippen molar-refractivity contribution in [2.75, 3.05) is 23.4 Å². The highest BCUT2D eigenvalue weighted by atomic mass is 32.2. The minimum Gasteiger partial charge on any atom is -0.370 e. The molecule has 5 nitrogen and oxygen atoms in total.